The van der Waals surface area contributed by atoms with Crippen LogP contribution in [0.4, 0.5) is 10.2 Å². The molecule has 2 aliphatic heterocycles. The molecule has 0 spiro atoms. The van der Waals surface area contributed by atoms with Gasteiger partial charge in [0.15, 0.2) is 17.2 Å². The maximum Gasteiger partial charge on any atom is 0.171 e. The third kappa shape index (κ3) is 2.40. The fraction of sp³-hybridized carbons (Fsp3) is 0.250. The molecule has 0 bridgehead atoms. The Bertz CT molecular complexity index is 1260. The smallest absolute Gasteiger partial charge is 0.171 e. The van der Waals surface area contributed by atoms with E-state index in [0.717, 1.165) is 22.6 Å². The van der Waals surface area contributed by atoms with E-state index in [-0.39, 0.29) is 11.7 Å². The van der Waals surface area contributed by atoms with E-state index < -0.39 is 0 Å². The van der Waals surface area contributed by atoms with Gasteiger partial charge in [0.1, 0.15) is 17.9 Å². The molecule has 0 saturated heterocycles. The summed E-state index contributed by atoms with van der Waals surface area (Å²) >= 11 is 0. The van der Waals surface area contributed by atoms with Gasteiger partial charge in [-0.25, -0.2) is 9.37 Å². The summed E-state index contributed by atoms with van der Waals surface area (Å²) in [6.45, 7) is 1.16. The number of anilines is 1. The van der Waals surface area contributed by atoms with Gasteiger partial charge in [-0.3, -0.25) is 4.40 Å². The van der Waals surface area contributed by atoms with Crippen molar-refractivity contribution in [3.05, 3.63) is 54.0 Å². The predicted octanol–water partition coefficient (Wildman–Crippen LogP) is 2.75. The Morgan fingerprint density at radius 3 is 2.86 bits per heavy atom. The first-order valence-corrected chi connectivity index (χ1v) is 9.35. The van der Waals surface area contributed by atoms with Crippen molar-refractivity contribution in [2.24, 2.45) is 7.05 Å². The van der Waals surface area contributed by atoms with E-state index in [4.69, 9.17) is 9.47 Å². The highest BCUT2D eigenvalue weighted by molar-refractivity contribution is 5.79. The number of nitrogens with zero attached hydrogens (tertiary/aromatic N) is 5. The third-order valence-corrected chi connectivity index (χ3v) is 5.50. The molecule has 8 nitrogen and oxygen atoms in total. The number of imidazole rings is 1. The number of aryl methyl sites for hydroxylation is 1. The van der Waals surface area contributed by atoms with Crippen LogP contribution in [0.15, 0.2) is 37.1 Å². The summed E-state index contributed by atoms with van der Waals surface area (Å²) in [5, 5.41) is 11.7. The minimum Gasteiger partial charge on any atom is -0.493 e. The molecule has 0 unspecified atom stereocenters. The lowest BCUT2D eigenvalue weighted by Gasteiger charge is -2.16. The molecule has 5 heterocycles. The fourth-order valence-electron chi connectivity index (χ4n) is 4.13. The summed E-state index contributed by atoms with van der Waals surface area (Å²) < 4.78 is 30.3. The summed E-state index contributed by atoms with van der Waals surface area (Å²) in [7, 11) is 1.91. The Kier molecular flexibility index (Phi) is 3.35. The molecular weight excluding hydrogens is 375 g/mol. The van der Waals surface area contributed by atoms with E-state index in [1.165, 1.54) is 6.07 Å². The fourth-order valence-corrected chi connectivity index (χ4v) is 4.13. The van der Waals surface area contributed by atoms with Crippen molar-refractivity contribution in [3.8, 4) is 22.8 Å². The maximum absolute atomic E-state index is 14.6. The first-order valence-electron chi connectivity index (χ1n) is 9.35. The van der Waals surface area contributed by atoms with Crippen LogP contribution >= 0.6 is 0 Å². The lowest BCUT2D eigenvalue weighted by Crippen LogP contribution is -2.13. The topological polar surface area (TPSA) is 78.5 Å². The normalized spacial score (nSPS) is 17.4. The van der Waals surface area contributed by atoms with Gasteiger partial charge >= 0.3 is 0 Å². The molecule has 9 heteroatoms. The average Bonchev–Trinajstić information content (AvgIpc) is 3.45. The maximum atomic E-state index is 14.6. The third-order valence-electron chi connectivity index (χ3n) is 5.50. The minimum atomic E-state index is -0.250. The van der Waals surface area contributed by atoms with Gasteiger partial charge in [0.25, 0.3) is 0 Å². The first-order chi connectivity index (χ1) is 14.2. The number of rotatable bonds is 1. The van der Waals surface area contributed by atoms with Gasteiger partial charge in [-0.2, -0.15) is 0 Å². The first kappa shape index (κ1) is 16.3. The standard InChI is InChI=1S/C20H17FN6O2/c1-26-6-15(23-9-26)12-4-17-20(27-10-24-25-19(12)27)22-5-13-14(21)2-3-16-18(13)11(7-28-16)8-29-17/h2-4,6,9-11,22H,5,7-8H2,1H3/t11-/m0/s1. The number of halogens is 1. The highest BCUT2D eigenvalue weighted by Gasteiger charge is 2.31. The van der Waals surface area contributed by atoms with Gasteiger partial charge in [-0.15, -0.1) is 10.2 Å². The molecule has 146 valence electrons. The van der Waals surface area contributed by atoms with Crippen LogP contribution in [-0.4, -0.2) is 37.4 Å². The van der Waals surface area contributed by atoms with Crippen molar-refractivity contribution >= 4 is 11.5 Å². The van der Waals surface area contributed by atoms with Gasteiger partial charge < -0.3 is 19.4 Å². The summed E-state index contributed by atoms with van der Waals surface area (Å²) in [6.07, 6.45) is 5.27. The number of hydrogen-bond donors (Lipinski definition) is 1. The lowest BCUT2D eigenvalue weighted by atomic mass is 9.96. The van der Waals surface area contributed by atoms with Gasteiger partial charge in [-0.1, -0.05) is 0 Å². The second-order valence-electron chi connectivity index (χ2n) is 7.33. The quantitative estimate of drug-likeness (QED) is 0.537. The van der Waals surface area contributed by atoms with E-state index in [9.17, 15) is 4.39 Å². The molecule has 3 aromatic heterocycles. The van der Waals surface area contributed by atoms with Crippen molar-refractivity contribution in [3.63, 3.8) is 0 Å². The molecular formula is C20H17FN6O2. The summed E-state index contributed by atoms with van der Waals surface area (Å²) in [5.41, 5.74) is 3.73. The SMILES string of the molecule is Cn1cnc(-c2cc3c(n4cnnc24)NCc2c(F)ccc4c2[C@@H](CO4)CO3)c1. The van der Waals surface area contributed by atoms with Crippen LogP contribution < -0.4 is 14.8 Å². The van der Waals surface area contributed by atoms with E-state index in [1.807, 2.05) is 28.3 Å². The number of ether oxygens (including phenoxy) is 2. The Hall–Kier alpha value is -3.62. The van der Waals surface area contributed by atoms with Crippen LogP contribution in [0, 0.1) is 5.82 Å². The average molecular weight is 392 g/mol. The molecule has 6 rings (SSSR count). The van der Waals surface area contributed by atoms with Crippen LogP contribution in [0.25, 0.3) is 16.9 Å². The van der Waals surface area contributed by atoms with Gasteiger partial charge in [0.2, 0.25) is 0 Å². The van der Waals surface area contributed by atoms with E-state index >= 15 is 0 Å². The monoisotopic (exact) mass is 392 g/mol. The lowest BCUT2D eigenvalue weighted by molar-refractivity contribution is 0.249. The highest BCUT2D eigenvalue weighted by atomic mass is 19.1. The van der Waals surface area contributed by atoms with Crippen LogP contribution in [0.2, 0.25) is 0 Å². The minimum absolute atomic E-state index is 0.0293. The van der Waals surface area contributed by atoms with Crippen LogP contribution in [0.3, 0.4) is 0 Å². The second kappa shape index (κ2) is 5.94. The number of aromatic nitrogens is 5. The molecule has 1 N–H and O–H groups in total. The summed E-state index contributed by atoms with van der Waals surface area (Å²) in [5.74, 6) is 1.77. The van der Waals surface area contributed by atoms with Crippen molar-refractivity contribution < 1.29 is 13.9 Å². The number of benzene rings is 1. The predicted molar refractivity (Wildman–Crippen MR) is 103 cm³/mol. The second-order valence-corrected chi connectivity index (χ2v) is 7.33. The molecule has 1 atom stereocenters. The zero-order valence-electron chi connectivity index (χ0n) is 15.6. The Labute approximate surface area is 164 Å². The molecule has 2 aliphatic rings. The molecule has 29 heavy (non-hydrogen) atoms. The highest BCUT2D eigenvalue weighted by Crippen LogP contribution is 2.41. The summed E-state index contributed by atoms with van der Waals surface area (Å²) in [4.78, 5) is 4.44. The number of pyridine rings is 1. The molecule has 0 aliphatic carbocycles. The van der Waals surface area contributed by atoms with Crippen molar-refractivity contribution in [2.75, 3.05) is 18.5 Å². The zero-order valence-corrected chi connectivity index (χ0v) is 15.6. The van der Waals surface area contributed by atoms with Crippen molar-refractivity contribution in [2.45, 2.75) is 12.5 Å². The largest absolute Gasteiger partial charge is 0.493 e. The van der Waals surface area contributed by atoms with E-state index in [0.29, 0.717) is 42.5 Å². The van der Waals surface area contributed by atoms with Crippen molar-refractivity contribution in [1.82, 2.24) is 24.1 Å². The summed E-state index contributed by atoms with van der Waals surface area (Å²) in [6, 6.07) is 5.06. The Morgan fingerprint density at radius 1 is 1.17 bits per heavy atom. The number of fused-ring (bicyclic) bond motifs is 3. The Morgan fingerprint density at radius 2 is 2.03 bits per heavy atom. The van der Waals surface area contributed by atoms with Crippen molar-refractivity contribution in [1.29, 1.82) is 0 Å². The van der Waals surface area contributed by atoms with Gasteiger partial charge in [-0.05, 0) is 18.2 Å². The Balaban J connectivity index is 1.52. The molecule has 1 aromatic carbocycles. The zero-order chi connectivity index (χ0) is 19.5. The number of hydrogen-bond acceptors (Lipinski definition) is 6. The van der Waals surface area contributed by atoms with Gasteiger partial charge in [0, 0.05) is 30.9 Å². The van der Waals surface area contributed by atoms with Crippen LogP contribution in [0.5, 0.6) is 11.5 Å². The van der Waals surface area contributed by atoms with Gasteiger partial charge in [0.05, 0.1) is 36.7 Å². The van der Waals surface area contributed by atoms with Crippen LogP contribution in [0.1, 0.15) is 17.0 Å². The van der Waals surface area contributed by atoms with E-state index in [2.05, 4.69) is 20.5 Å². The molecule has 0 amide bonds. The van der Waals surface area contributed by atoms with E-state index in [1.54, 1.807) is 18.7 Å². The number of nitrogens with one attached hydrogen (secondary N) is 1. The molecule has 4 aromatic rings. The van der Waals surface area contributed by atoms with Crippen LogP contribution in [-0.2, 0) is 13.6 Å². The molecule has 0 fully saturated rings. The molecule has 0 radical (unpaired) electrons. The molecule has 0 saturated carbocycles.